The molecule has 25 heavy (non-hydrogen) atoms. The van der Waals surface area contributed by atoms with Crippen LogP contribution in [0.1, 0.15) is 36.3 Å². The largest absolute Gasteiger partial charge is 0.377 e. The van der Waals surface area contributed by atoms with Gasteiger partial charge in [-0.3, -0.25) is 4.79 Å². The monoisotopic (exact) mass is 382 g/mol. The molecule has 2 fully saturated rings. The van der Waals surface area contributed by atoms with Crippen molar-refractivity contribution in [2.24, 2.45) is 0 Å². The lowest BCUT2D eigenvalue weighted by Crippen LogP contribution is -2.54. The van der Waals surface area contributed by atoms with Gasteiger partial charge in [0.05, 0.1) is 35.2 Å². The third kappa shape index (κ3) is 3.55. The van der Waals surface area contributed by atoms with Gasteiger partial charge in [-0.15, -0.1) is 0 Å². The third-order valence-electron chi connectivity index (χ3n) is 5.74. The Balaban J connectivity index is 1.52. The summed E-state index contributed by atoms with van der Waals surface area (Å²) >= 11 is 12.3. The van der Waals surface area contributed by atoms with Crippen molar-refractivity contribution in [3.63, 3.8) is 0 Å². The van der Waals surface area contributed by atoms with Crippen LogP contribution in [0.3, 0.4) is 0 Å². The van der Waals surface area contributed by atoms with E-state index >= 15 is 0 Å². The first kappa shape index (κ1) is 17.6. The molecule has 4 nitrogen and oxygen atoms in total. The van der Waals surface area contributed by atoms with Gasteiger partial charge in [0.2, 0.25) is 5.91 Å². The number of nitrogens with zero attached hydrogens (tertiary/aromatic N) is 2. The highest BCUT2D eigenvalue weighted by molar-refractivity contribution is 6.42. The number of aryl methyl sites for hydroxylation is 1. The first-order chi connectivity index (χ1) is 12.1. The van der Waals surface area contributed by atoms with E-state index in [1.165, 1.54) is 12.8 Å². The molecule has 3 aliphatic rings. The first-order valence-corrected chi connectivity index (χ1v) is 9.97. The van der Waals surface area contributed by atoms with Gasteiger partial charge in [0.25, 0.3) is 0 Å². The van der Waals surface area contributed by atoms with Crippen LogP contribution < -0.4 is 0 Å². The Morgan fingerprint density at radius 2 is 1.92 bits per heavy atom. The minimum atomic E-state index is -0.0936. The highest BCUT2D eigenvalue weighted by atomic mass is 35.5. The van der Waals surface area contributed by atoms with E-state index in [4.69, 9.17) is 27.9 Å². The van der Waals surface area contributed by atoms with Crippen molar-refractivity contribution in [3.8, 4) is 0 Å². The van der Waals surface area contributed by atoms with E-state index in [2.05, 4.69) is 9.80 Å². The Morgan fingerprint density at radius 3 is 2.72 bits per heavy atom. The summed E-state index contributed by atoms with van der Waals surface area (Å²) in [4.78, 5) is 17.8. The van der Waals surface area contributed by atoms with Crippen molar-refractivity contribution in [1.82, 2.24) is 9.80 Å². The molecule has 2 atom stereocenters. The Labute approximate surface area is 159 Å². The zero-order valence-electron chi connectivity index (χ0n) is 14.3. The summed E-state index contributed by atoms with van der Waals surface area (Å²) in [5.41, 5.74) is 2.22. The summed E-state index contributed by atoms with van der Waals surface area (Å²) in [5.74, 6) is 0.133. The van der Waals surface area contributed by atoms with Crippen LogP contribution in [0.25, 0.3) is 0 Å². The van der Waals surface area contributed by atoms with E-state index in [9.17, 15) is 4.79 Å². The lowest BCUT2D eigenvalue weighted by molar-refractivity contribution is -0.142. The summed E-state index contributed by atoms with van der Waals surface area (Å²) < 4.78 is 5.68. The average Bonchev–Trinajstić information content (AvgIpc) is 3.25. The van der Waals surface area contributed by atoms with Crippen LogP contribution >= 0.6 is 23.2 Å². The second kappa shape index (κ2) is 7.43. The fourth-order valence-corrected chi connectivity index (χ4v) is 4.77. The second-order valence-corrected chi connectivity index (χ2v) is 8.14. The van der Waals surface area contributed by atoms with Gasteiger partial charge in [0, 0.05) is 13.1 Å². The molecule has 4 rings (SSSR count). The Kier molecular flexibility index (Phi) is 5.23. The Morgan fingerprint density at radius 1 is 1.16 bits per heavy atom. The number of rotatable bonds is 3. The highest BCUT2D eigenvalue weighted by Crippen LogP contribution is 2.39. The van der Waals surface area contributed by atoms with Gasteiger partial charge in [-0.1, -0.05) is 23.2 Å². The SMILES string of the molecule is O=C(C1CCc2cc(Cl)c(Cl)cc21)N1CCOCC1CN1CCCC1. The first-order valence-electron chi connectivity index (χ1n) is 9.22. The average molecular weight is 383 g/mol. The van der Waals surface area contributed by atoms with Crippen LogP contribution in [0.2, 0.25) is 10.0 Å². The smallest absolute Gasteiger partial charge is 0.230 e. The predicted octanol–water partition coefficient (Wildman–Crippen LogP) is 3.35. The molecule has 1 aliphatic carbocycles. The number of hydrogen-bond acceptors (Lipinski definition) is 3. The van der Waals surface area contributed by atoms with Crippen molar-refractivity contribution in [2.45, 2.75) is 37.6 Å². The molecule has 0 saturated carbocycles. The zero-order valence-corrected chi connectivity index (χ0v) is 15.9. The molecule has 0 spiro atoms. The molecule has 0 aromatic heterocycles. The standard InChI is InChI=1S/C19H24Cl2N2O2/c20-17-9-13-3-4-15(16(13)10-18(17)21)19(24)23-7-8-25-12-14(23)11-22-5-1-2-6-22/h9-10,14-15H,1-8,11-12H2. The van der Waals surface area contributed by atoms with Gasteiger partial charge in [-0.2, -0.15) is 0 Å². The zero-order chi connectivity index (χ0) is 17.4. The number of fused-ring (bicyclic) bond motifs is 1. The summed E-state index contributed by atoms with van der Waals surface area (Å²) in [6, 6.07) is 3.98. The van der Waals surface area contributed by atoms with Crippen molar-refractivity contribution < 1.29 is 9.53 Å². The van der Waals surface area contributed by atoms with Crippen molar-refractivity contribution in [2.75, 3.05) is 39.4 Å². The maximum atomic E-state index is 13.3. The van der Waals surface area contributed by atoms with Crippen LogP contribution in [0.5, 0.6) is 0 Å². The Hall–Kier alpha value is -0.810. The number of carbonyl (C=O) groups excluding carboxylic acids is 1. The number of hydrogen-bond donors (Lipinski definition) is 0. The van der Waals surface area contributed by atoms with Crippen molar-refractivity contribution >= 4 is 29.1 Å². The van der Waals surface area contributed by atoms with Crippen LogP contribution in [0, 0.1) is 0 Å². The summed E-state index contributed by atoms with van der Waals surface area (Å²) in [7, 11) is 0. The van der Waals surface area contributed by atoms with Gasteiger partial charge < -0.3 is 14.5 Å². The third-order valence-corrected chi connectivity index (χ3v) is 6.46. The van der Waals surface area contributed by atoms with Crippen LogP contribution in [-0.4, -0.2) is 61.1 Å². The minimum absolute atomic E-state index is 0.0936. The van der Waals surface area contributed by atoms with Crippen molar-refractivity contribution in [3.05, 3.63) is 33.3 Å². The molecule has 1 amide bonds. The van der Waals surface area contributed by atoms with Gasteiger partial charge in [-0.05, 0) is 62.0 Å². The molecule has 1 aromatic carbocycles. The maximum Gasteiger partial charge on any atom is 0.230 e. The van der Waals surface area contributed by atoms with Crippen LogP contribution in [0.15, 0.2) is 12.1 Å². The highest BCUT2D eigenvalue weighted by Gasteiger charge is 2.37. The lowest BCUT2D eigenvalue weighted by atomic mass is 9.98. The van der Waals surface area contributed by atoms with Gasteiger partial charge >= 0.3 is 0 Å². The number of morpholine rings is 1. The molecular formula is C19H24Cl2N2O2. The Bertz CT molecular complexity index is 661. The number of halogens is 2. The normalized spacial score (nSPS) is 26.9. The molecule has 2 unspecified atom stereocenters. The number of carbonyl (C=O) groups is 1. The van der Waals surface area contributed by atoms with Crippen LogP contribution in [0.4, 0.5) is 0 Å². The quantitative estimate of drug-likeness (QED) is 0.803. The molecule has 1 aromatic rings. The molecular weight excluding hydrogens is 359 g/mol. The number of likely N-dealkylation sites (tertiary alicyclic amines) is 1. The van der Waals surface area contributed by atoms with Gasteiger partial charge in [-0.25, -0.2) is 0 Å². The molecule has 136 valence electrons. The van der Waals surface area contributed by atoms with E-state index in [-0.39, 0.29) is 17.9 Å². The predicted molar refractivity (Wildman–Crippen MR) is 99.5 cm³/mol. The van der Waals surface area contributed by atoms with Gasteiger partial charge in [0.1, 0.15) is 0 Å². The molecule has 0 radical (unpaired) electrons. The van der Waals surface area contributed by atoms with Crippen molar-refractivity contribution in [1.29, 1.82) is 0 Å². The second-order valence-electron chi connectivity index (χ2n) is 7.32. The molecule has 0 N–H and O–H groups in total. The van der Waals surface area contributed by atoms with Gasteiger partial charge in [0.15, 0.2) is 0 Å². The molecule has 6 heteroatoms. The topological polar surface area (TPSA) is 32.8 Å². The lowest BCUT2D eigenvalue weighted by Gasteiger charge is -2.39. The number of benzene rings is 1. The number of ether oxygens (including phenoxy) is 1. The fraction of sp³-hybridized carbons (Fsp3) is 0.632. The molecule has 2 aliphatic heterocycles. The summed E-state index contributed by atoms with van der Waals surface area (Å²) in [5, 5.41) is 1.11. The molecule has 0 bridgehead atoms. The number of amides is 1. The van der Waals surface area contributed by atoms with E-state index < -0.39 is 0 Å². The van der Waals surface area contributed by atoms with Crippen LogP contribution in [-0.2, 0) is 16.0 Å². The summed E-state index contributed by atoms with van der Waals surface area (Å²) in [6.07, 6.45) is 4.26. The molecule has 2 saturated heterocycles. The minimum Gasteiger partial charge on any atom is -0.377 e. The van der Waals surface area contributed by atoms with E-state index in [1.54, 1.807) is 0 Å². The van der Waals surface area contributed by atoms with E-state index in [1.807, 2.05) is 12.1 Å². The molecule has 2 heterocycles. The van der Waals surface area contributed by atoms with E-state index in [0.717, 1.165) is 43.6 Å². The fourth-order valence-electron chi connectivity index (χ4n) is 4.42. The maximum absolute atomic E-state index is 13.3. The van der Waals surface area contributed by atoms with E-state index in [0.29, 0.717) is 29.8 Å². The summed E-state index contributed by atoms with van der Waals surface area (Å²) in [6.45, 7) is 5.15.